The van der Waals surface area contributed by atoms with Crippen molar-refractivity contribution in [2.75, 3.05) is 13.2 Å². The second kappa shape index (κ2) is 38.6. The third-order valence-electron chi connectivity index (χ3n) is 29.7. The zero-order valence-electron chi connectivity index (χ0n) is 73.3. The molecule has 4 aliphatic carbocycles. The fraction of sp³-hybridized carbons (Fsp3) is 0.649. The number of allylic oxidation sites excluding steroid dienone is 2. The van der Waals surface area contributed by atoms with Gasteiger partial charge in [0.05, 0.1) is 79.9 Å². The van der Waals surface area contributed by atoms with Crippen LogP contribution in [0, 0.1) is 44.3 Å². The monoisotopic (exact) mass is 1770 g/mol. The molecule has 118 heavy (non-hydrogen) atoms. The van der Waals surface area contributed by atoms with Gasteiger partial charge in [-0.05, 0) is 170 Å². The molecule has 648 valence electrons. The fourth-order valence-corrected chi connectivity index (χ4v) is 29.6. The van der Waals surface area contributed by atoms with E-state index < -0.39 is 141 Å². The van der Waals surface area contributed by atoms with Crippen molar-refractivity contribution in [2.45, 2.75) is 339 Å². The van der Waals surface area contributed by atoms with Crippen LogP contribution in [0.2, 0.25) is 36.3 Å². The molecule has 4 saturated heterocycles. The van der Waals surface area contributed by atoms with Gasteiger partial charge in [-0.3, -0.25) is 4.79 Å². The van der Waals surface area contributed by atoms with Crippen LogP contribution in [0.25, 0.3) is 0 Å². The number of alkyl halides is 1. The van der Waals surface area contributed by atoms with Gasteiger partial charge in [0.15, 0.2) is 41.1 Å². The first kappa shape index (κ1) is 91.2. The van der Waals surface area contributed by atoms with Crippen LogP contribution in [0.5, 0.6) is 0 Å². The third-order valence-corrected chi connectivity index (χ3v) is 40.7. The third kappa shape index (κ3) is 19.0. The fourth-order valence-electron chi connectivity index (χ4n) is 21.9. The Morgan fingerprint density at radius 2 is 1.06 bits per heavy atom. The number of nitrogens with two attached hydrogens (primary N) is 1. The summed E-state index contributed by atoms with van der Waals surface area (Å²) >= 11 is 2.68. The van der Waals surface area contributed by atoms with Crippen molar-refractivity contribution in [1.82, 2.24) is 0 Å². The molecule has 21 heteroatoms. The number of esters is 1. The van der Waals surface area contributed by atoms with Crippen molar-refractivity contribution in [3.63, 3.8) is 0 Å². The maximum absolute atomic E-state index is 17.7. The molecular weight excluding hydrogens is 1630 g/mol. The molecule has 0 radical (unpaired) electrons. The van der Waals surface area contributed by atoms with E-state index in [1.165, 1.54) is 11.9 Å². The van der Waals surface area contributed by atoms with Crippen LogP contribution >= 0.6 is 22.6 Å². The molecule has 0 bridgehead atoms. The summed E-state index contributed by atoms with van der Waals surface area (Å²) in [7, 11) is -4.67. The zero-order chi connectivity index (χ0) is 84.1. The SMILES string of the molecule is CC[Si](CC)(CC)OC1CC2(C)C(=CCC3C4(C)CC[C@H](O[Si](CC)(CC)CC)C(C)(C=O)C4CCC32C)C(I)[C@@]1(CCC(C)(C)C)C(=O)O[C@@H]1OC(COCc2ccccc2)[C@H](N)C(OCc2ccccc2)C1O[C@@H]1OC(C)[C@H](O[C@@H]2OC[C@@H](OCc3ccccc3)C(OCc3ccccc3)C2OCc2ccccc2)C2OC(C)(C)OC21. The van der Waals surface area contributed by atoms with E-state index in [9.17, 15) is 4.79 Å². The van der Waals surface area contributed by atoms with E-state index in [1.54, 1.807) is 0 Å². The van der Waals surface area contributed by atoms with Gasteiger partial charge in [0.1, 0.15) is 60.5 Å². The molecule has 4 aliphatic heterocycles. The van der Waals surface area contributed by atoms with Crippen LogP contribution in [0.3, 0.4) is 0 Å². The molecule has 5 aromatic rings. The van der Waals surface area contributed by atoms with Crippen LogP contribution in [-0.4, -0.2) is 150 Å². The van der Waals surface area contributed by atoms with Crippen molar-refractivity contribution in [1.29, 1.82) is 0 Å². The molecule has 18 nitrogen and oxygen atoms in total. The molecule has 4 heterocycles. The number of benzene rings is 5. The molecule has 8 aliphatic rings. The number of fused-ring (bicyclic) bond motifs is 6. The van der Waals surface area contributed by atoms with E-state index in [-0.39, 0.29) is 73.8 Å². The van der Waals surface area contributed by atoms with Gasteiger partial charge < -0.3 is 81.0 Å². The molecular formula is C97H138INO17Si2. The second-order valence-electron chi connectivity index (χ2n) is 38.0. The van der Waals surface area contributed by atoms with Gasteiger partial charge >= 0.3 is 5.97 Å². The molecule has 2 N–H and O–H groups in total. The van der Waals surface area contributed by atoms with Gasteiger partial charge in [-0.1, -0.05) is 276 Å². The van der Waals surface area contributed by atoms with Gasteiger partial charge in [0.2, 0.25) is 6.29 Å². The Labute approximate surface area is 720 Å². The van der Waals surface area contributed by atoms with E-state index in [4.69, 9.17) is 76.2 Å². The number of ether oxygens (including phenoxy) is 13. The van der Waals surface area contributed by atoms with E-state index >= 15 is 4.79 Å². The van der Waals surface area contributed by atoms with Crippen molar-refractivity contribution >= 4 is 51.5 Å². The summed E-state index contributed by atoms with van der Waals surface area (Å²) in [6.45, 7) is 37.4. The minimum atomic E-state index is -2.60. The van der Waals surface area contributed by atoms with Crippen molar-refractivity contribution in [2.24, 2.45) is 50.1 Å². The molecule has 13 rings (SSSR count). The Morgan fingerprint density at radius 3 is 1.58 bits per heavy atom. The first-order valence-corrected chi connectivity index (χ1v) is 50.8. The van der Waals surface area contributed by atoms with Gasteiger partial charge in [-0.2, -0.15) is 0 Å². The Morgan fingerprint density at radius 1 is 0.568 bits per heavy atom. The van der Waals surface area contributed by atoms with Gasteiger partial charge in [0.25, 0.3) is 0 Å². The normalized spacial score (nSPS) is 36.0. The van der Waals surface area contributed by atoms with Gasteiger partial charge in [-0.25, -0.2) is 0 Å². The molecule has 0 amide bonds. The highest BCUT2D eigenvalue weighted by molar-refractivity contribution is 14.1. The Kier molecular flexibility index (Phi) is 29.8. The highest BCUT2D eigenvalue weighted by Gasteiger charge is 2.73. The average Bonchev–Trinajstić information content (AvgIpc) is 0.734. The van der Waals surface area contributed by atoms with E-state index in [1.807, 2.05) is 172 Å². The molecule has 0 aromatic heterocycles. The number of carbonyl (C=O) groups is 2. The van der Waals surface area contributed by atoms with Gasteiger partial charge in [0, 0.05) is 0 Å². The summed E-state index contributed by atoms with van der Waals surface area (Å²) in [5.74, 6) is -1.24. The van der Waals surface area contributed by atoms with Gasteiger partial charge in [-0.15, -0.1) is 0 Å². The number of hydrogen-bond acceptors (Lipinski definition) is 18. The topological polar surface area (TPSA) is 199 Å². The minimum absolute atomic E-state index is 0.0296. The lowest BCUT2D eigenvalue weighted by Gasteiger charge is -2.71. The zero-order valence-corrected chi connectivity index (χ0v) is 77.5. The number of rotatable bonds is 35. The summed E-state index contributed by atoms with van der Waals surface area (Å²) in [5, 5.41) is 0. The predicted molar refractivity (Wildman–Crippen MR) is 471 cm³/mol. The standard InChI is InChI=1S/C97H138INO17Si2/c1-17-117(18-2,19-3)115-76-51-52-93(13)74(94(76,14)64-100)50-53-95(15)75(93)49-48-71-86(98)97(55-54-91(8,9)10,77(56-96(71,95)16)116-118(20-4,21-5)22-6)90(101)112-88-84(81(105-60-69-44-34-26-35-45-69)78(99)72(109-88)62-102-57-66-38-28-23-29-39-66)111-89-85-82(113-92(11,12)114-85)79(65(7)108-89)110-87-83(106-61-70-46-36-27-37-47-70)80(104-59-68-42-32-25-33-43-68)73(63-107-87)103-58-67-40-30-24-31-41-67/h23-48,64-65,72-89H,17-22,49-63,99H2,1-16H3/t65?,72?,73-,74?,75?,76+,77?,78+,79+,80?,81?,82?,83?,84?,85?,86?,87+,88+,89+,93?,94?,95?,96?,97+/m1/s1. The smallest absolute Gasteiger partial charge is 0.318 e. The first-order chi connectivity index (χ1) is 56.5. The van der Waals surface area contributed by atoms with Crippen molar-refractivity contribution in [3.05, 3.63) is 191 Å². The summed E-state index contributed by atoms with van der Waals surface area (Å²) in [5.41, 5.74) is 10.8. The molecule has 7 fully saturated rings. The lowest BCUT2D eigenvalue weighted by atomic mass is 9.35. The van der Waals surface area contributed by atoms with E-state index in [0.29, 0.717) is 25.9 Å². The first-order valence-electron chi connectivity index (χ1n) is 44.5. The molecule has 5 aromatic carbocycles. The van der Waals surface area contributed by atoms with Crippen LogP contribution in [-0.2, 0) is 113 Å². The Bertz CT molecular complexity index is 4030. The largest absolute Gasteiger partial charge is 0.432 e. The molecule has 0 spiro atoms. The summed E-state index contributed by atoms with van der Waals surface area (Å²) in [6.07, 6.45) is -2.97. The highest BCUT2D eigenvalue weighted by atomic mass is 127. The predicted octanol–water partition coefficient (Wildman–Crippen LogP) is 19.7. The summed E-state index contributed by atoms with van der Waals surface area (Å²) < 4.78 is 108. The molecule has 3 saturated carbocycles. The molecule has 16 unspecified atom stereocenters. The van der Waals surface area contributed by atoms with Crippen molar-refractivity contribution < 1.29 is 80.0 Å². The van der Waals surface area contributed by atoms with Crippen LogP contribution in [0.1, 0.15) is 190 Å². The number of halogens is 1. The van der Waals surface area contributed by atoms with Crippen LogP contribution in [0.4, 0.5) is 0 Å². The molecule has 24 atom stereocenters. The maximum Gasteiger partial charge on any atom is 0.318 e. The van der Waals surface area contributed by atoms with E-state index in [0.717, 1.165) is 96.2 Å². The maximum atomic E-state index is 17.7. The van der Waals surface area contributed by atoms with Crippen LogP contribution in [0.15, 0.2) is 163 Å². The van der Waals surface area contributed by atoms with Crippen molar-refractivity contribution in [3.8, 4) is 0 Å². The average molecular weight is 1770 g/mol. The second-order valence-corrected chi connectivity index (χ2v) is 48.7. The quantitative estimate of drug-likeness (QED) is 0.0100. The van der Waals surface area contributed by atoms with E-state index in [2.05, 4.69) is 119 Å². The summed E-state index contributed by atoms with van der Waals surface area (Å²) in [4.78, 5) is 31.9. The lowest BCUT2D eigenvalue weighted by Crippen LogP contribution is -2.70. The number of carbonyl (C=O) groups excluding carboxylic acids is 2. The number of aldehydes is 1. The van der Waals surface area contributed by atoms with Crippen LogP contribution < -0.4 is 5.73 Å². The lowest BCUT2D eigenvalue weighted by molar-refractivity contribution is -0.365. The Hall–Kier alpha value is -4.46. The summed E-state index contributed by atoms with van der Waals surface area (Å²) in [6, 6.07) is 55.0. The Balaban J connectivity index is 0.874. The highest BCUT2D eigenvalue weighted by Crippen LogP contribution is 2.75. The number of hydrogen-bond donors (Lipinski definition) is 1. The minimum Gasteiger partial charge on any atom is -0.432 e.